The summed E-state index contributed by atoms with van der Waals surface area (Å²) in [5.74, 6) is 0. The van der Waals surface area contributed by atoms with Crippen LogP contribution in [0.25, 0.3) is 0 Å². The maximum absolute atomic E-state index is 11.6. The van der Waals surface area contributed by atoms with Crippen LogP contribution in [0.1, 0.15) is 55.4 Å². The van der Waals surface area contributed by atoms with E-state index in [0.29, 0.717) is 13.1 Å². The van der Waals surface area contributed by atoms with Crippen LogP contribution in [-0.4, -0.2) is 24.2 Å². The van der Waals surface area contributed by atoms with Crippen LogP contribution >= 0.6 is 11.3 Å². The van der Waals surface area contributed by atoms with Gasteiger partial charge in [0.25, 0.3) is 0 Å². The van der Waals surface area contributed by atoms with Gasteiger partial charge in [-0.3, -0.25) is 0 Å². The van der Waals surface area contributed by atoms with Gasteiger partial charge in [0, 0.05) is 28.3 Å². The molecule has 4 nitrogen and oxygen atoms in total. The third-order valence-corrected chi connectivity index (χ3v) is 5.55. The maximum atomic E-state index is 11.6. The first-order valence-corrected chi connectivity index (χ1v) is 8.19. The first-order chi connectivity index (χ1) is 9.57. The summed E-state index contributed by atoms with van der Waals surface area (Å²) >= 11 is 1.68. The van der Waals surface area contributed by atoms with Crippen LogP contribution in [-0.2, 0) is 5.41 Å². The molecule has 2 amide bonds. The second-order valence-electron chi connectivity index (χ2n) is 5.58. The molecule has 1 saturated carbocycles. The highest BCUT2D eigenvalue weighted by Gasteiger charge is 2.37. The molecular weight excluding hydrogens is 272 g/mol. The largest absolute Gasteiger partial charge is 0.388 e. The van der Waals surface area contributed by atoms with Crippen molar-refractivity contribution in [3.63, 3.8) is 0 Å². The highest BCUT2D eigenvalue weighted by molar-refractivity contribution is 7.12. The summed E-state index contributed by atoms with van der Waals surface area (Å²) in [4.78, 5) is 13.9. The molecule has 2 rings (SSSR count). The van der Waals surface area contributed by atoms with E-state index in [0.717, 1.165) is 17.7 Å². The van der Waals surface area contributed by atoms with Gasteiger partial charge in [-0.1, -0.05) is 12.8 Å². The van der Waals surface area contributed by atoms with Crippen molar-refractivity contribution < 1.29 is 9.90 Å². The summed E-state index contributed by atoms with van der Waals surface area (Å²) < 4.78 is 0. The average molecular weight is 296 g/mol. The molecule has 0 aromatic carbocycles. The fraction of sp³-hybridized carbons (Fsp3) is 0.667. The van der Waals surface area contributed by atoms with Crippen molar-refractivity contribution in [3.8, 4) is 0 Å². The molecule has 1 heterocycles. The maximum Gasteiger partial charge on any atom is 0.314 e. The molecule has 20 heavy (non-hydrogen) atoms. The lowest BCUT2D eigenvalue weighted by molar-refractivity contribution is 0.203. The highest BCUT2D eigenvalue weighted by Crippen LogP contribution is 2.44. The van der Waals surface area contributed by atoms with Gasteiger partial charge in [-0.25, -0.2) is 4.79 Å². The lowest BCUT2D eigenvalue weighted by Crippen LogP contribution is -2.43. The molecule has 1 atom stereocenters. The van der Waals surface area contributed by atoms with Crippen LogP contribution in [0.5, 0.6) is 0 Å². The molecular formula is C15H24N2O2S. The normalized spacial score (nSPS) is 18.8. The van der Waals surface area contributed by atoms with Crippen molar-refractivity contribution in [2.75, 3.05) is 13.1 Å². The number of thiophene rings is 1. The SMILES string of the molecule is CCNC(=O)NCC1(c2ccc(C(C)O)s2)CCCC1. The van der Waals surface area contributed by atoms with Crippen LogP contribution in [0.15, 0.2) is 12.1 Å². The first kappa shape index (κ1) is 15.3. The van der Waals surface area contributed by atoms with Gasteiger partial charge in [-0.05, 0) is 38.8 Å². The van der Waals surface area contributed by atoms with E-state index in [-0.39, 0.29) is 11.4 Å². The van der Waals surface area contributed by atoms with Crippen molar-refractivity contribution in [3.05, 3.63) is 21.9 Å². The van der Waals surface area contributed by atoms with E-state index >= 15 is 0 Å². The van der Waals surface area contributed by atoms with Crippen molar-refractivity contribution in [2.24, 2.45) is 0 Å². The number of aliphatic hydroxyl groups excluding tert-OH is 1. The van der Waals surface area contributed by atoms with E-state index in [1.54, 1.807) is 18.3 Å². The first-order valence-electron chi connectivity index (χ1n) is 7.37. The number of nitrogens with one attached hydrogen (secondary N) is 2. The van der Waals surface area contributed by atoms with Gasteiger partial charge < -0.3 is 15.7 Å². The number of hydrogen-bond acceptors (Lipinski definition) is 3. The van der Waals surface area contributed by atoms with Crippen LogP contribution in [0.2, 0.25) is 0 Å². The van der Waals surface area contributed by atoms with Crippen LogP contribution in [0.3, 0.4) is 0 Å². The lowest BCUT2D eigenvalue weighted by atomic mass is 9.84. The average Bonchev–Trinajstić information content (AvgIpc) is 3.06. The lowest BCUT2D eigenvalue weighted by Gasteiger charge is -2.28. The highest BCUT2D eigenvalue weighted by atomic mass is 32.1. The topological polar surface area (TPSA) is 61.4 Å². The zero-order chi connectivity index (χ0) is 14.6. The molecule has 0 radical (unpaired) electrons. The number of hydrogen-bond donors (Lipinski definition) is 3. The smallest absolute Gasteiger partial charge is 0.314 e. The number of carbonyl (C=O) groups excluding carboxylic acids is 1. The monoisotopic (exact) mass is 296 g/mol. The number of rotatable bonds is 5. The number of amides is 2. The molecule has 0 saturated heterocycles. The van der Waals surface area contributed by atoms with E-state index in [2.05, 4.69) is 16.7 Å². The van der Waals surface area contributed by atoms with Crippen LogP contribution < -0.4 is 10.6 Å². The molecule has 1 unspecified atom stereocenters. The zero-order valence-electron chi connectivity index (χ0n) is 12.2. The van der Waals surface area contributed by atoms with E-state index < -0.39 is 6.10 Å². The Bertz CT molecular complexity index is 450. The fourth-order valence-corrected chi connectivity index (χ4v) is 4.09. The fourth-order valence-electron chi connectivity index (χ4n) is 2.90. The second-order valence-corrected chi connectivity index (χ2v) is 6.69. The van der Waals surface area contributed by atoms with Gasteiger partial charge in [0.1, 0.15) is 0 Å². The van der Waals surface area contributed by atoms with Gasteiger partial charge >= 0.3 is 6.03 Å². The summed E-state index contributed by atoms with van der Waals surface area (Å²) in [5, 5.41) is 15.5. The van der Waals surface area contributed by atoms with E-state index in [1.165, 1.54) is 17.7 Å². The minimum absolute atomic E-state index is 0.0584. The Morgan fingerprint density at radius 2 is 2.10 bits per heavy atom. The molecule has 1 aliphatic carbocycles. The summed E-state index contributed by atoms with van der Waals surface area (Å²) in [6.45, 7) is 5.03. The summed E-state index contributed by atoms with van der Waals surface area (Å²) in [7, 11) is 0. The Kier molecular flexibility index (Phi) is 5.05. The minimum atomic E-state index is -0.413. The summed E-state index contributed by atoms with van der Waals surface area (Å²) in [6.07, 6.45) is 4.22. The molecule has 5 heteroatoms. The van der Waals surface area contributed by atoms with Gasteiger partial charge in [0.15, 0.2) is 0 Å². The molecule has 1 aliphatic rings. The molecule has 1 fully saturated rings. The van der Waals surface area contributed by atoms with Gasteiger partial charge in [0.05, 0.1) is 6.10 Å². The second kappa shape index (κ2) is 6.59. The van der Waals surface area contributed by atoms with Crippen LogP contribution in [0.4, 0.5) is 4.79 Å². The summed E-state index contributed by atoms with van der Waals surface area (Å²) in [6, 6.07) is 4.04. The zero-order valence-corrected chi connectivity index (χ0v) is 13.1. The number of urea groups is 1. The predicted molar refractivity (Wildman–Crippen MR) is 82.2 cm³/mol. The third-order valence-electron chi connectivity index (χ3n) is 4.05. The molecule has 0 bridgehead atoms. The van der Waals surface area contributed by atoms with Gasteiger partial charge in [0.2, 0.25) is 0 Å². The van der Waals surface area contributed by atoms with E-state index in [9.17, 15) is 9.90 Å². The van der Waals surface area contributed by atoms with Crippen molar-refractivity contribution in [1.29, 1.82) is 0 Å². The van der Waals surface area contributed by atoms with Gasteiger partial charge in [-0.2, -0.15) is 0 Å². The Hall–Kier alpha value is -1.07. The molecule has 0 spiro atoms. The van der Waals surface area contributed by atoms with Gasteiger partial charge in [-0.15, -0.1) is 11.3 Å². The molecule has 0 aliphatic heterocycles. The molecule has 3 N–H and O–H groups in total. The molecule has 112 valence electrons. The Morgan fingerprint density at radius 3 is 2.65 bits per heavy atom. The number of aliphatic hydroxyl groups is 1. The Labute approximate surface area is 124 Å². The quantitative estimate of drug-likeness (QED) is 0.782. The van der Waals surface area contributed by atoms with Crippen LogP contribution in [0, 0.1) is 0 Å². The molecule has 1 aromatic heterocycles. The van der Waals surface area contributed by atoms with Crippen molar-refractivity contribution >= 4 is 17.4 Å². The predicted octanol–water partition coefficient (Wildman–Crippen LogP) is 2.93. The van der Waals surface area contributed by atoms with E-state index in [4.69, 9.17) is 0 Å². The Balaban J connectivity index is 2.10. The number of carbonyl (C=O) groups is 1. The third kappa shape index (κ3) is 3.33. The summed E-state index contributed by atoms with van der Waals surface area (Å²) in [5.41, 5.74) is 0.0584. The Morgan fingerprint density at radius 1 is 1.40 bits per heavy atom. The van der Waals surface area contributed by atoms with Crippen molar-refractivity contribution in [1.82, 2.24) is 10.6 Å². The standard InChI is InChI=1S/C15H24N2O2S/c1-3-16-14(19)17-10-15(8-4-5-9-15)13-7-6-12(20-13)11(2)18/h6-7,11,18H,3-5,8-10H2,1-2H3,(H2,16,17,19). The van der Waals surface area contributed by atoms with E-state index in [1.807, 2.05) is 13.0 Å². The minimum Gasteiger partial charge on any atom is -0.388 e. The van der Waals surface area contributed by atoms with Crippen molar-refractivity contribution in [2.45, 2.75) is 51.0 Å². The molecule has 1 aromatic rings.